The van der Waals surface area contributed by atoms with Crippen LogP contribution in [0.5, 0.6) is 23.0 Å². The van der Waals surface area contributed by atoms with Crippen molar-refractivity contribution in [2.75, 3.05) is 41.7 Å². The summed E-state index contributed by atoms with van der Waals surface area (Å²) in [4.78, 5) is 13.5. The average molecular weight is 447 g/mol. The van der Waals surface area contributed by atoms with Gasteiger partial charge < -0.3 is 28.4 Å². The molecular formula is C25H34O7. The van der Waals surface area contributed by atoms with Crippen LogP contribution in [0.25, 0.3) is 0 Å². The highest BCUT2D eigenvalue weighted by Gasteiger charge is 2.64. The van der Waals surface area contributed by atoms with Gasteiger partial charge in [0.05, 0.1) is 41.7 Å². The van der Waals surface area contributed by atoms with Crippen molar-refractivity contribution < 1.29 is 33.2 Å². The van der Waals surface area contributed by atoms with Crippen molar-refractivity contribution in [1.29, 1.82) is 0 Å². The molecular weight excluding hydrogens is 412 g/mol. The summed E-state index contributed by atoms with van der Waals surface area (Å²) in [7, 11) is 6.36. The first kappa shape index (κ1) is 22.9. The number of methoxy groups -OCH3 is 4. The summed E-state index contributed by atoms with van der Waals surface area (Å²) in [5, 5.41) is 0. The fourth-order valence-corrected chi connectivity index (χ4v) is 6.26. The lowest BCUT2D eigenvalue weighted by molar-refractivity contribution is -0.263. The van der Waals surface area contributed by atoms with Gasteiger partial charge in [-0.2, -0.15) is 0 Å². The lowest BCUT2D eigenvalue weighted by Gasteiger charge is -2.57. The van der Waals surface area contributed by atoms with Crippen LogP contribution in [-0.4, -0.2) is 53.2 Å². The zero-order chi connectivity index (χ0) is 23.1. The molecule has 1 spiro atoms. The Balaban J connectivity index is 1.85. The molecule has 1 aromatic carbocycles. The van der Waals surface area contributed by atoms with E-state index < -0.39 is 16.6 Å². The topological polar surface area (TPSA) is 72.5 Å². The Morgan fingerprint density at radius 2 is 1.56 bits per heavy atom. The fraction of sp³-hybridized carbons (Fsp3) is 0.640. The molecule has 1 saturated carbocycles. The highest BCUT2D eigenvalue weighted by Crippen LogP contribution is 2.62. The van der Waals surface area contributed by atoms with Crippen molar-refractivity contribution >= 4 is 5.78 Å². The zero-order valence-corrected chi connectivity index (χ0v) is 19.9. The van der Waals surface area contributed by atoms with E-state index in [1.807, 2.05) is 13.0 Å². The first-order chi connectivity index (χ1) is 15.3. The van der Waals surface area contributed by atoms with E-state index >= 15 is 0 Å². The van der Waals surface area contributed by atoms with Crippen LogP contribution in [0.3, 0.4) is 0 Å². The van der Waals surface area contributed by atoms with Crippen molar-refractivity contribution in [3.63, 3.8) is 0 Å². The molecule has 0 radical (unpaired) electrons. The van der Waals surface area contributed by atoms with Gasteiger partial charge in [-0.3, -0.25) is 4.79 Å². The van der Waals surface area contributed by atoms with Gasteiger partial charge in [0.1, 0.15) is 0 Å². The minimum Gasteiger partial charge on any atom is -0.493 e. The van der Waals surface area contributed by atoms with Gasteiger partial charge in [-0.25, -0.2) is 0 Å². The van der Waals surface area contributed by atoms with Crippen LogP contribution in [0.15, 0.2) is 18.2 Å². The van der Waals surface area contributed by atoms with E-state index in [2.05, 4.69) is 6.92 Å². The Bertz CT molecular complexity index is 887. The molecule has 2 aliphatic carbocycles. The smallest absolute Gasteiger partial charge is 0.177 e. The molecule has 1 aromatic rings. The summed E-state index contributed by atoms with van der Waals surface area (Å²) in [6.45, 7) is 5.37. The summed E-state index contributed by atoms with van der Waals surface area (Å²) >= 11 is 0. The molecule has 4 rings (SSSR count). The average Bonchev–Trinajstić information content (AvgIpc) is 3.27. The van der Waals surface area contributed by atoms with Gasteiger partial charge in [0, 0.05) is 28.9 Å². The number of rotatable bonds is 6. The molecule has 3 aliphatic rings. The van der Waals surface area contributed by atoms with E-state index in [1.165, 1.54) is 0 Å². The largest absolute Gasteiger partial charge is 0.493 e. The molecule has 1 heterocycles. The van der Waals surface area contributed by atoms with Crippen LogP contribution in [0.1, 0.15) is 38.7 Å². The van der Waals surface area contributed by atoms with Gasteiger partial charge in [-0.15, -0.1) is 0 Å². The van der Waals surface area contributed by atoms with E-state index in [0.717, 1.165) is 24.8 Å². The number of carbonyl (C=O) groups excluding carboxylic acids is 1. The Morgan fingerprint density at radius 1 is 0.969 bits per heavy atom. The minimum atomic E-state index is -0.718. The number of allylic oxidation sites excluding steroid dienone is 1. The van der Waals surface area contributed by atoms with Gasteiger partial charge in [-0.1, -0.05) is 19.9 Å². The Morgan fingerprint density at radius 3 is 2.09 bits per heavy atom. The van der Waals surface area contributed by atoms with Gasteiger partial charge >= 0.3 is 0 Å². The Labute approximate surface area is 190 Å². The highest BCUT2D eigenvalue weighted by molar-refractivity contribution is 5.96. The SMILES string of the molecule is COc1cc(OC)c(OC)c(C[C@]2(C)C(=O)C=C[C@@]3(C)[C@H]2CCCC32OCCO2)c1OC. The van der Waals surface area contributed by atoms with Crippen LogP contribution in [0.4, 0.5) is 0 Å². The first-order valence-corrected chi connectivity index (χ1v) is 11.2. The van der Waals surface area contributed by atoms with Crippen molar-refractivity contribution in [3.05, 3.63) is 23.8 Å². The molecule has 3 atom stereocenters. The number of carbonyl (C=O) groups is 1. The molecule has 32 heavy (non-hydrogen) atoms. The summed E-state index contributed by atoms with van der Waals surface area (Å²) in [6.07, 6.45) is 6.81. The number of benzene rings is 1. The van der Waals surface area contributed by atoms with E-state index in [-0.39, 0.29) is 11.7 Å². The van der Waals surface area contributed by atoms with E-state index in [9.17, 15) is 4.79 Å². The molecule has 7 nitrogen and oxygen atoms in total. The quantitative estimate of drug-likeness (QED) is 0.655. The van der Waals surface area contributed by atoms with Crippen LogP contribution < -0.4 is 18.9 Å². The molecule has 0 N–H and O–H groups in total. The van der Waals surface area contributed by atoms with E-state index in [1.54, 1.807) is 40.6 Å². The molecule has 0 amide bonds. The highest BCUT2D eigenvalue weighted by atomic mass is 16.7. The number of ether oxygens (including phenoxy) is 6. The number of hydrogen-bond donors (Lipinski definition) is 0. The first-order valence-electron chi connectivity index (χ1n) is 11.2. The minimum absolute atomic E-state index is 0.0194. The molecule has 0 aromatic heterocycles. The third kappa shape index (κ3) is 3.12. The van der Waals surface area contributed by atoms with Crippen molar-refractivity contribution in [2.45, 2.75) is 45.3 Å². The third-order valence-electron chi connectivity index (χ3n) is 7.86. The maximum Gasteiger partial charge on any atom is 0.177 e. The second-order valence-corrected chi connectivity index (χ2v) is 9.30. The van der Waals surface area contributed by atoms with Gasteiger partial charge in [0.2, 0.25) is 0 Å². The van der Waals surface area contributed by atoms with Crippen LogP contribution in [0, 0.1) is 16.7 Å². The van der Waals surface area contributed by atoms with Crippen molar-refractivity contribution in [2.24, 2.45) is 16.7 Å². The monoisotopic (exact) mass is 446 g/mol. The molecule has 7 heteroatoms. The van der Waals surface area contributed by atoms with E-state index in [4.69, 9.17) is 28.4 Å². The van der Waals surface area contributed by atoms with Gasteiger partial charge in [-0.05, 0) is 31.3 Å². The second-order valence-electron chi connectivity index (χ2n) is 9.30. The van der Waals surface area contributed by atoms with E-state index in [0.29, 0.717) is 42.6 Å². The van der Waals surface area contributed by atoms with Crippen molar-refractivity contribution in [3.8, 4) is 23.0 Å². The number of hydrogen-bond acceptors (Lipinski definition) is 7. The third-order valence-corrected chi connectivity index (χ3v) is 7.86. The maximum absolute atomic E-state index is 13.5. The normalized spacial score (nSPS) is 30.8. The number of ketones is 1. The lowest BCUT2D eigenvalue weighted by atomic mass is 9.50. The Hall–Kier alpha value is -2.25. The lowest BCUT2D eigenvalue weighted by Crippen LogP contribution is -2.60. The summed E-state index contributed by atoms with van der Waals surface area (Å²) < 4.78 is 35.1. The summed E-state index contributed by atoms with van der Waals surface area (Å²) in [6, 6.07) is 1.74. The molecule has 2 fully saturated rings. The predicted octanol–water partition coefficient (Wildman–Crippen LogP) is 3.96. The summed E-state index contributed by atoms with van der Waals surface area (Å²) in [5.74, 6) is 1.59. The number of fused-ring (bicyclic) bond motifs is 2. The summed E-state index contributed by atoms with van der Waals surface area (Å²) in [5.41, 5.74) is -0.384. The van der Waals surface area contributed by atoms with Gasteiger partial charge in [0.15, 0.2) is 34.6 Å². The maximum atomic E-state index is 13.5. The molecule has 1 aliphatic heterocycles. The van der Waals surface area contributed by atoms with Crippen LogP contribution >= 0.6 is 0 Å². The van der Waals surface area contributed by atoms with Gasteiger partial charge in [0.25, 0.3) is 0 Å². The molecule has 1 saturated heterocycles. The Kier molecular flexibility index (Phi) is 5.92. The standard InChI is InChI=1S/C25H34O7/c1-23(15-16-21(29-5)17(27-3)14-18(28-4)22(16)30-6)19-8-7-10-25(31-12-13-32-25)24(19,2)11-9-20(23)26/h9,11,14,19H,7-8,10,12-13,15H2,1-6H3/t19-,23-,24-/m0/s1. The zero-order valence-electron chi connectivity index (χ0n) is 19.9. The fourth-order valence-electron chi connectivity index (χ4n) is 6.26. The molecule has 0 bridgehead atoms. The predicted molar refractivity (Wildman–Crippen MR) is 119 cm³/mol. The van der Waals surface area contributed by atoms with Crippen LogP contribution in [0.2, 0.25) is 0 Å². The van der Waals surface area contributed by atoms with Crippen LogP contribution in [-0.2, 0) is 20.7 Å². The molecule has 176 valence electrons. The second kappa shape index (κ2) is 8.27. The van der Waals surface area contributed by atoms with Crippen molar-refractivity contribution in [1.82, 2.24) is 0 Å². The molecule has 0 unspecified atom stereocenters.